The van der Waals surface area contributed by atoms with E-state index in [1.807, 2.05) is 0 Å². The number of rotatable bonds is 19. The van der Waals surface area contributed by atoms with Crippen LogP contribution in [0, 0.1) is 11.8 Å². The zero-order valence-electron chi connectivity index (χ0n) is 18.1. The Morgan fingerprint density at radius 1 is 0.778 bits per heavy atom. The molecule has 0 aromatic carbocycles. The van der Waals surface area contributed by atoms with E-state index in [-0.39, 0.29) is 5.97 Å². The van der Waals surface area contributed by atoms with Crippen LogP contribution in [0.3, 0.4) is 0 Å². The van der Waals surface area contributed by atoms with Crippen LogP contribution >= 0.6 is 0 Å². The van der Waals surface area contributed by atoms with Crippen molar-refractivity contribution in [1.29, 1.82) is 0 Å². The van der Waals surface area contributed by atoms with Crippen molar-refractivity contribution < 1.29 is 19.4 Å². The summed E-state index contributed by atoms with van der Waals surface area (Å²) in [5.74, 6) is 0.153. The summed E-state index contributed by atoms with van der Waals surface area (Å²) in [4.78, 5) is 22.6. The van der Waals surface area contributed by atoms with E-state index < -0.39 is 5.97 Å². The largest absolute Gasteiger partial charge is 0.481 e. The summed E-state index contributed by atoms with van der Waals surface area (Å²) in [5, 5.41) is 8.85. The number of carbonyl (C=O) groups is 2. The molecule has 4 heteroatoms. The third kappa shape index (κ3) is 16.8. The van der Waals surface area contributed by atoms with E-state index in [0.29, 0.717) is 31.3 Å². The van der Waals surface area contributed by atoms with Crippen molar-refractivity contribution in [3.8, 4) is 0 Å². The first kappa shape index (κ1) is 25.9. The third-order valence-corrected chi connectivity index (χ3v) is 5.56. The third-order valence-electron chi connectivity index (χ3n) is 5.56. The van der Waals surface area contributed by atoms with Gasteiger partial charge in [-0.3, -0.25) is 9.59 Å². The van der Waals surface area contributed by atoms with Crippen LogP contribution in [0.15, 0.2) is 0 Å². The Bertz CT molecular complexity index is 367. The molecule has 2 unspecified atom stereocenters. The molecule has 2 atom stereocenters. The quantitative estimate of drug-likeness (QED) is 0.197. The number of hydrogen-bond donors (Lipinski definition) is 1. The molecule has 0 fully saturated rings. The Hall–Kier alpha value is -1.06. The lowest BCUT2D eigenvalue weighted by Gasteiger charge is -2.14. The minimum atomic E-state index is -0.674. The lowest BCUT2D eigenvalue weighted by molar-refractivity contribution is -0.145. The topological polar surface area (TPSA) is 63.6 Å². The van der Waals surface area contributed by atoms with Gasteiger partial charge in [0.1, 0.15) is 0 Å². The van der Waals surface area contributed by atoms with Gasteiger partial charge in [-0.1, -0.05) is 85.0 Å². The Morgan fingerprint density at radius 3 is 1.89 bits per heavy atom. The lowest BCUT2D eigenvalue weighted by atomic mass is 9.95. The van der Waals surface area contributed by atoms with Crippen molar-refractivity contribution in [3.05, 3.63) is 0 Å². The minimum Gasteiger partial charge on any atom is -0.481 e. The maximum atomic E-state index is 11.8. The molecule has 4 nitrogen and oxygen atoms in total. The highest BCUT2D eigenvalue weighted by molar-refractivity contribution is 5.69. The number of esters is 1. The van der Waals surface area contributed by atoms with Crippen molar-refractivity contribution in [2.75, 3.05) is 6.61 Å². The number of carboxylic acids is 1. The van der Waals surface area contributed by atoms with Crippen LogP contribution in [0.25, 0.3) is 0 Å². The second kappa shape index (κ2) is 18.3. The standard InChI is InChI=1S/C23H44O4/c1-4-7-15-21(6-3)19-27-23(26)17-14-12-10-8-9-11-13-16-20(5-2)18-22(24)25/h20-21H,4-19H2,1-3H3,(H,24,25). The lowest BCUT2D eigenvalue weighted by Crippen LogP contribution is -2.13. The predicted molar refractivity (Wildman–Crippen MR) is 112 cm³/mol. The first-order chi connectivity index (χ1) is 13.0. The van der Waals surface area contributed by atoms with E-state index in [0.717, 1.165) is 44.9 Å². The summed E-state index contributed by atoms with van der Waals surface area (Å²) in [6.45, 7) is 7.03. The smallest absolute Gasteiger partial charge is 0.305 e. The highest BCUT2D eigenvalue weighted by atomic mass is 16.5. The van der Waals surface area contributed by atoms with Crippen LogP contribution in [0.2, 0.25) is 0 Å². The van der Waals surface area contributed by atoms with Gasteiger partial charge in [0, 0.05) is 12.8 Å². The number of aliphatic carboxylic acids is 1. The van der Waals surface area contributed by atoms with E-state index >= 15 is 0 Å². The molecule has 0 saturated heterocycles. The number of carboxylic acid groups (broad SMARTS) is 1. The molecule has 0 aliphatic carbocycles. The molecule has 0 saturated carbocycles. The fraction of sp³-hybridized carbons (Fsp3) is 0.913. The average Bonchev–Trinajstić information content (AvgIpc) is 2.65. The van der Waals surface area contributed by atoms with E-state index in [4.69, 9.17) is 9.84 Å². The van der Waals surface area contributed by atoms with Crippen LogP contribution in [0.1, 0.15) is 117 Å². The monoisotopic (exact) mass is 384 g/mol. The van der Waals surface area contributed by atoms with Gasteiger partial charge in [0.15, 0.2) is 0 Å². The molecule has 27 heavy (non-hydrogen) atoms. The van der Waals surface area contributed by atoms with Crippen LogP contribution in [0.4, 0.5) is 0 Å². The molecular weight excluding hydrogens is 340 g/mol. The number of hydrogen-bond acceptors (Lipinski definition) is 3. The normalized spacial score (nSPS) is 13.3. The van der Waals surface area contributed by atoms with Crippen molar-refractivity contribution in [1.82, 2.24) is 0 Å². The summed E-state index contributed by atoms with van der Waals surface area (Å²) in [7, 11) is 0. The molecule has 0 aromatic heterocycles. The molecule has 0 spiro atoms. The first-order valence-electron chi connectivity index (χ1n) is 11.4. The maximum Gasteiger partial charge on any atom is 0.305 e. The van der Waals surface area contributed by atoms with E-state index in [1.54, 1.807) is 0 Å². The minimum absolute atomic E-state index is 0.0333. The van der Waals surface area contributed by atoms with Gasteiger partial charge in [0.25, 0.3) is 0 Å². The van der Waals surface area contributed by atoms with Gasteiger partial charge in [0.05, 0.1) is 6.61 Å². The number of carbonyl (C=O) groups excluding carboxylic acids is 1. The van der Waals surface area contributed by atoms with Crippen molar-refractivity contribution in [2.24, 2.45) is 11.8 Å². The molecule has 0 aromatic rings. The summed E-state index contributed by atoms with van der Waals surface area (Å²) in [6, 6.07) is 0. The molecular formula is C23H44O4. The molecule has 0 amide bonds. The number of ether oxygens (including phenoxy) is 1. The highest BCUT2D eigenvalue weighted by Gasteiger charge is 2.11. The van der Waals surface area contributed by atoms with Gasteiger partial charge in [-0.2, -0.15) is 0 Å². The summed E-state index contributed by atoms with van der Waals surface area (Å²) < 4.78 is 5.43. The predicted octanol–water partition coefficient (Wildman–Crippen LogP) is 6.76. The summed E-state index contributed by atoms with van der Waals surface area (Å²) in [5.41, 5.74) is 0. The molecule has 160 valence electrons. The van der Waals surface area contributed by atoms with E-state index in [1.165, 1.54) is 38.5 Å². The SMILES string of the molecule is CCCCC(CC)COC(=O)CCCCCCCCCC(CC)CC(=O)O. The Labute approximate surface area is 167 Å². The van der Waals surface area contributed by atoms with Crippen LogP contribution in [-0.4, -0.2) is 23.7 Å². The second-order valence-electron chi connectivity index (χ2n) is 7.99. The molecule has 1 N–H and O–H groups in total. The van der Waals surface area contributed by atoms with Gasteiger partial charge >= 0.3 is 11.9 Å². The molecule has 0 aliphatic rings. The Morgan fingerprint density at radius 2 is 1.33 bits per heavy atom. The molecule has 0 rings (SSSR count). The van der Waals surface area contributed by atoms with Gasteiger partial charge in [-0.25, -0.2) is 0 Å². The van der Waals surface area contributed by atoms with E-state index in [2.05, 4.69) is 20.8 Å². The first-order valence-corrected chi connectivity index (χ1v) is 11.4. The van der Waals surface area contributed by atoms with Gasteiger partial charge in [-0.15, -0.1) is 0 Å². The van der Waals surface area contributed by atoms with Crippen LogP contribution < -0.4 is 0 Å². The fourth-order valence-corrected chi connectivity index (χ4v) is 3.46. The summed E-state index contributed by atoms with van der Waals surface area (Å²) >= 11 is 0. The zero-order chi connectivity index (χ0) is 20.3. The molecule has 0 radical (unpaired) electrons. The van der Waals surface area contributed by atoms with Gasteiger partial charge in [0.2, 0.25) is 0 Å². The maximum absolute atomic E-state index is 11.8. The molecule has 0 heterocycles. The van der Waals surface area contributed by atoms with Gasteiger partial charge < -0.3 is 9.84 Å². The van der Waals surface area contributed by atoms with Crippen molar-refractivity contribution in [2.45, 2.75) is 117 Å². The molecule has 0 aliphatic heterocycles. The Kier molecular flexibility index (Phi) is 17.6. The second-order valence-corrected chi connectivity index (χ2v) is 7.99. The molecule has 0 bridgehead atoms. The van der Waals surface area contributed by atoms with Gasteiger partial charge in [-0.05, 0) is 31.1 Å². The van der Waals surface area contributed by atoms with Crippen molar-refractivity contribution in [3.63, 3.8) is 0 Å². The van der Waals surface area contributed by atoms with E-state index in [9.17, 15) is 9.59 Å². The van der Waals surface area contributed by atoms with Crippen LogP contribution in [-0.2, 0) is 14.3 Å². The fourth-order valence-electron chi connectivity index (χ4n) is 3.46. The van der Waals surface area contributed by atoms with Crippen LogP contribution in [0.5, 0.6) is 0 Å². The summed E-state index contributed by atoms with van der Waals surface area (Å²) in [6.07, 6.45) is 15.5. The van der Waals surface area contributed by atoms with Crippen molar-refractivity contribution >= 4 is 11.9 Å². The Balaban J connectivity index is 3.50. The highest BCUT2D eigenvalue weighted by Crippen LogP contribution is 2.18. The average molecular weight is 385 g/mol. The number of unbranched alkanes of at least 4 members (excludes halogenated alkanes) is 7. The zero-order valence-corrected chi connectivity index (χ0v) is 18.1.